The van der Waals surface area contributed by atoms with E-state index >= 15 is 0 Å². The van der Waals surface area contributed by atoms with Gasteiger partial charge in [-0.05, 0) is 36.1 Å². The van der Waals surface area contributed by atoms with Gasteiger partial charge in [0, 0.05) is 24.5 Å². The smallest absolute Gasteiger partial charge is 0.267 e. The molecule has 2 heterocycles. The number of morpholine rings is 1. The Morgan fingerprint density at radius 1 is 1.10 bits per heavy atom. The van der Waals surface area contributed by atoms with Gasteiger partial charge >= 0.3 is 0 Å². The number of carbonyl (C=O) groups excluding carboxylic acids is 2. The summed E-state index contributed by atoms with van der Waals surface area (Å²) >= 11 is 1.52. The molecule has 0 aliphatic carbocycles. The monoisotopic (exact) mass is 413 g/mol. The van der Waals surface area contributed by atoms with E-state index in [4.69, 9.17) is 4.74 Å². The zero-order valence-electron chi connectivity index (χ0n) is 16.4. The number of nitrogens with one attached hydrogen (secondary N) is 2. The van der Waals surface area contributed by atoms with E-state index in [0.717, 1.165) is 49.7 Å². The van der Waals surface area contributed by atoms with E-state index in [9.17, 15) is 9.59 Å². The Kier molecular flexibility index (Phi) is 8.42. The van der Waals surface area contributed by atoms with Crippen molar-refractivity contribution in [1.29, 1.82) is 0 Å². The van der Waals surface area contributed by atoms with Gasteiger partial charge in [0.15, 0.2) is 0 Å². The van der Waals surface area contributed by atoms with Crippen molar-refractivity contribution in [3.8, 4) is 0 Å². The Labute approximate surface area is 175 Å². The number of benzene rings is 1. The first-order chi connectivity index (χ1) is 14.2. The predicted molar refractivity (Wildman–Crippen MR) is 115 cm³/mol. The Bertz CT molecular complexity index is 800. The van der Waals surface area contributed by atoms with E-state index in [2.05, 4.69) is 15.5 Å². The summed E-state index contributed by atoms with van der Waals surface area (Å²) in [5.41, 5.74) is 1.19. The number of hydrogen-bond donors (Lipinski definition) is 2. The van der Waals surface area contributed by atoms with Gasteiger partial charge in [-0.1, -0.05) is 36.4 Å². The van der Waals surface area contributed by atoms with Crippen LogP contribution in [0.3, 0.4) is 0 Å². The van der Waals surface area contributed by atoms with Crippen LogP contribution in [0, 0.1) is 0 Å². The van der Waals surface area contributed by atoms with E-state index in [1.807, 2.05) is 47.8 Å². The van der Waals surface area contributed by atoms with Crippen molar-refractivity contribution in [2.24, 2.45) is 0 Å². The van der Waals surface area contributed by atoms with Crippen LogP contribution in [-0.2, 0) is 20.7 Å². The lowest BCUT2D eigenvalue weighted by atomic mass is 10.1. The lowest BCUT2D eigenvalue weighted by molar-refractivity contribution is -0.123. The molecule has 1 aliphatic rings. The van der Waals surface area contributed by atoms with Gasteiger partial charge in [-0.3, -0.25) is 14.5 Å². The second-order valence-corrected chi connectivity index (χ2v) is 7.83. The van der Waals surface area contributed by atoms with Crippen molar-refractivity contribution in [3.63, 3.8) is 0 Å². The van der Waals surface area contributed by atoms with Crippen LogP contribution in [-0.4, -0.2) is 56.1 Å². The number of ether oxygens (including phenoxy) is 1. The molecule has 1 aliphatic heterocycles. The van der Waals surface area contributed by atoms with Gasteiger partial charge in [-0.2, -0.15) is 0 Å². The van der Waals surface area contributed by atoms with Gasteiger partial charge in [0.2, 0.25) is 5.91 Å². The van der Waals surface area contributed by atoms with Crippen molar-refractivity contribution in [3.05, 3.63) is 64.0 Å². The fourth-order valence-electron chi connectivity index (χ4n) is 3.07. The molecule has 2 amide bonds. The molecule has 7 heteroatoms. The molecule has 0 saturated carbocycles. The third-order valence-corrected chi connectivity index (χ3v) is 5.42. The second-order valence-electron chi connectivity index (χ2n) is 6.85. The van der Waals surface area contributed by atoms with Gasteiger partial charge in [-0.25, -0.2) is 0 Å². The highest BCUT2D eigenvalue weighted by atomic mass is 32.1. The molecule has 1 saturated heterocycles. The summed E-state index contributed by atoms with van der Waals surface area (Å²) in [7, 11) is 0. The molecule has 0 unspecified atom stereocenters. The topological polar surface area (TPSA) is 70.7 Å². The van der Waals surface area contributed by atoms with Crippen LogP contribution in [0.1, 0.15) is 16.9 Å². The second kappa shape index (κ2) is 11.5. The molecule has 29 heavy (non-hydrogen) atoms. The third-order valence-electron chi connectivity index (χ3n) is 4.60. The Morgan fingerprint density at radius 2 is 1.90 bits per heavy atom. The first-order valence-corrected chi connectivity index (χ1v) is 10.8. The van der Waals surface area contributed by atoms with Crippen LogP contribution in [0.5, 0.6) is 0 Å². The highest BCUT2D eigenvalue weighted by Crippen LogP contribution is 2.13. The third kappa shape index (κ3) is 7.45. The van der Waals surface area contributed by atoms with E-state index < -0.39 is 0 Å². The molecule has 2 N–H and O–H groups in total. The molecule has 1 aromatic heterocycles. The molecule has 0 bridgehead atoms. The maximum atomic E-state index is 12.7. The summed E-state index contributed by atoms with van der Waals surface area (Å²) in [4.78, 5) is 28.4. The van der Waals surface area contributed by atoms with Crippen LogP contribution >= 0.6 is 11.3 Å². The maximum Gasteiger partial charge on any atom is 0.267 e. The fraction of sp³-hybridized carbons (Fsp3) is 0.364. The average molecular weight is 414 g/mol. The molecule has 2 aromatic rings. The normalized spacial score (nSPS) is 15.1. The number of thiophene rings is 1. The molecular formula is C22H27N3O3S. The van der Waals surface area contributed by atoms with Crippen molar-refractivity contribution >= 4 is 29.2 Å². The minimum atomic E-state index is -0.262. The van der Waals surface area contributed by atoms with E-state index in [-0.39, 0.29) is 23.9 Å². The minimum Gasteiger partial charge on any atom is -0.379 e. The molecule has 1 fully saturated rings. The molecular weight excluding hydrogens is 386 g/mol. The SMILES string of the molecule is O=C(Cc1ccccc1)N/C(=C/c1cccs1)C(=O)NCCCN1CCOCC1. The van der Waals surface area contributed by atoms with Gasteiger partial charge in [-0.15, -0.1) is 11.3 Å². The van der Waals surface area contributed by atoms with Crippen LogP contribution in [0.25, 0.3) is 6.08 Å². The molecule has 3 rings (SSSR count). The Balaban J connectivity index is 1.53. The van der Waals surface area contributed by atoms with Gasteiger partial charge in [0.05, 0.1) is 19.6 Å². The summed E-state index contributed by atoms with van der Waals surface area (Å²) in [6.45, 7) is 4.90. The van der Waals surface area contributed by atoms with Crippen molar-refractivity contribution in [2.45, 2.75) is 12.8 Å². The van der Waals surface area contributed by atoms with Crippen LogP contribution in [0.2, 0.25) is 0 Å². The largest absolute Gasteiger partial charge is 0.379 e. The highest BCUT2D eigenvalue weighted by Gasteiger charge is 2.14. The standard InChI is InChI=1S/C22H27N3O3S/c26-21(16-18-6-2-1-3-7-18)24-20(17-19-8-4-15-29-19)22(27)23-9-5-10-25-11-13-28-14-12-25/h1-4,6-8,15,17H,5,9-14,16H2,(H,23,27)(H,24,26)/b20-17+. The summed E-state index contributed by atoms with van der Waals surface area (Å²) in [5, 5.41) is 7.65. The highest BCUT2D eigenvalue weighted by molar-refractivity contribution is 7.10. The summed E-state index contributed by atoms with van der Waals surface area (Å²) in [6, 6.07) is 13.3. The van der Waals surface area contributed by atoms with Crippen LogP contribution in [0.4, 0.5) is 0 Å². The predicted octanol–water partition coefficient (Wildman–Crippen LogP) is 2.29. The number of rotatable bonds is 9. The fourth-order valence-corrected chi connectivity index (χ4v) is 3.73. The number of carbonyl (C=O) groups is 2. The zero-order valence-corrected chi connectivity index (χ0v) is 17.2. The molecule has 0 atom stereocenters. The Morgan fingerprint density at radius 3 is 2.62 bits per heavy atom. The molecule has 1 aromatic carbocycles. The van der Waals surface area contributed by atoms with E-state index in [0.29, 0.717) is 6.54 Å². The van der Waals surface area contributed by atoms with Crippen molar-refractivity contribution < 1.29 is 14.3 Å². The Hall–Kier alpha value is -2.48. The van der Waals surface area contributed by atoms with Crippen LogP contribution < -0.4 is 10.6 Å². The van der Waals surface area contributed by atoms with Gasteiger partial charge < -0.3 is 15.4 Å². The van der Waals surface area contributed by atoms with E-state index in [1.54, 1.807) is 6.08 Å². The van der Waals surface area contributed by atoms with Gasteiger partial charge in [0.1, 0.15) is 5.70 Å². The number of nitrogens with zero attached hydrogens (tertiary/aromatic N) is 1. The number of amides is 2. The molecule has 0 spiro atoms. The minimum absolute atomic E-state index is 0.206. The van der Waals surface area contributed by atoms with Crippen molar-refractivity contribution in [1.82, 2.24) is 15.5 Å². The lowest BCUT2D eigenvalue weighted by Gasteiger charge is -2.26. The van der Waals surface area contributed by atoms with E-state index in [1.165, 1.54) is 11.3 Å². The quantitative estimate of drug-likeness (QED) is 0.489. The number of hydrogen-bond acceptors (Lipinski definition) is 5. The summed E-state index contributed by atoms with van der Waals surface area (Å²) < 4.78 is 5.35. The first-order valence-electron chi connectivity index (χ1n) is 9.88. The first kappa shape index (κ1) is 21.2. The maximum absolute atomic E-state index is 12.7. The average Bonchev–Trinajstić information content (AvgIpc) is 3.25. The van der Waals surface area contributed by atoms with Crippen LogP contribution in [0.15, 0.2) is 53.5 Å². The zero-order chi connectivity index (χ0) is 20.3. The van der Waals surface area contributed by atoms with Crippen molar-refractivity contribution in [2.75, 3.05) is 39.4 Å². The summed E-state index contributed by atoms with van der Waals surface area (Å²) in [5.74, 6) is -0.468. The molecule has 6 nitrogen and oxygen atoms in total. The molecule has 154 valence electrons. The summed E-state index contributed by atoms with van der Waals surface area (Å²) in [6.07, 6.45) is 2.81. The molecule has 0 radical (unpaired) electrons. The lowest BCUT2D eigenvalue weighted by Crippen LogP contribution is -2.39. The van der Waals surface area contributed by atoms with Gasteiger partial charge in [0.25, 0.3) is 5.91 Å².